The molecule has 0 unspecified atom stereocenters. The molecule has 0 amide bonds. The maximum atomic E-state index is 11.3. The van der Waals surface area contributed by atoms with Crippen molar-refractivity contribution in [3.8, 4) is 0 Å². The highest BCUT2D eigenvalue weighted by Crippen LogP contribution is 2.09. The van der Waals surface area contributed by atoms with E-state index in [-0.39, 0.29) is 0 Å². The first-order valence-electron chi connectivity index (χ1n) is 8.99. The molecule has 0 bridgehead atoms. The third-order valence-electron chi connectivity index (χ3n) is 5.14. The van der Waals surface area contributed by atoms with E-state index in [1.54, 1.807) is 0 Å². The molecule has 2 saturated heterocycles. The average Bonchev–Trinajstić information content (AvgIpc) is 2.62. The maximum absolute atomic E-state index is 11.3. The molecular weight excluding hydrogens is 338 g/mol. The molecule has 3 rings (SSSR count). The first-order chi connectivity index (χ1) is 12.0. The van der Waals surface area contributed by atoms with Gasteiger partial charge in [0.25, 0.3) is 10.2 Å². The van der Waals surface area contributed by atoms with Gasteiger partial charge in [0.05, 0.1) is 0 Å². The molecule has 0 aliphatic carbocycles. The Labute approximate surface area is 151 Å². The third-order valence-corrected chi connectivity index (χ3v) is 6.22. The van der Waals surface area contributed by atoms with Gasteiger partial charge in [0.15, 0.2) is 0 Å². The molecule has 140 valence electrons. The van der Waals surface area contributed by atoms with Gasteiger partial charge in [-0.25, -0.2) is 5.14 Å². The Morgan fingerprint density at radius 2 is 1.24 bits per heavy atom. The van der Waals surface area contributed by atoms with Crippen molar-refractivity contribution in [1.82, 2.24) is 19.0 Å². The van der Waals surface area contributed by atoms with Gasteiger partial charge in [-0.2, -0.15) is 12.7 Å². The summed E-state index contributed by atoms with van der Waals surface area (Å²) >= 11 is 0. The summed E-state index contributed by atoms with van der Waals surface area (Å²) in [5.74, 6) is 0. The largest absolute Gasteiger partial charge is 0.300 e. The lowest BCUT2D eigenvalue weighted by molar-refractivity contribution is 0.105. The van der Waals surface area contributed by atoms with E-state index in [2.05, 4.69) is 45.0 Å². The zero-order valence-corrected chi connectivity index (χ0v) is 15.6. The van der Waals surface area contributed by atoms with Crippen LogP contribution in [0.1, 0.15) is 5.56 Å². The maximum Gasteiger partial charge on any atom is 0.276 e. The minimum absolute atomic E-state index is 0.504. The quantitative estimate of drug-likeness (QED) is 0.742. The van der Waals surface area contributed by atoms with Crippen LogP contribution in [0.4, 0.5) is 0 Å². The second kappa shape index (κ2) is 8.57. The molecule has 25 heavy (non-hydrogen) atoms. The van der Waals surface area contributed by atoms with Crippen LogP contribution in [-0.2, 0) is 16.8 Å². The number of rotatable bonds is 6. The predicted molar refractivity (Wildman–Crippen MR) is 99.3 cm³/mol. The standard InChI is InChI=1S/C17H29N5O2S/c18-25(23,24)22-14-12-20(13-15-22)7-6-19-8-10-21(11-9-19)16-17-4-2-1-3-5-17/h1-5H,6-16H2,(H2,18,23,24). The molecule has 0 radical (unpaired) electrons. The Morgan fingerprint density at radius 3 is 1.76 bits per heavy atom. The minimum atomic E-state index is -3.53. The molecule has 2 heterocycles. The second-order valence-electron chi connectivity index (χ2n) is 6.89. The van der Waals surface area contributed by atoms with E-state index in [1.165, 1.54) is 9.87 Å². The van der Waals surface area contributed by atoms with Crippen LogP contribution in [0.25, 0.3) is 0 Å². The molecule has 0 aromatic heterocycles. The summed E-state index contributed by atoms with van der Waals surface area (Å²) in [6, 6.07) is 10.6. The lowest BCUT2D eigenvalue weighted by Crippen LogP contribution is -2.53. The van der Waals surface area contributed by atoms with E-state index in [1.807, 2.05) is 0 Å². The van der Waals surface area contributed by atoms with Crippen LogP contribution in [0.2, 0.25) is 0 Å². The summed E-state index contributed by atoms with van der Waals surface area (Å²) < 4.78 is 24.0. The van der Waals surface area contributed by atoms with Gasteiger partial charge in [0.2, 0.25) is 0 Å². The second-order valence-corrected chi connectivity index (χ2v) is 8.44. The van der Waals surface area contributed by atoms with Crippen LogP contribution < -0.4 is 5.14 Å². The highest BCUT2D eigenvalue weighted by Gasteiger charge is 2.24. The number of benzene rings is 1. The molecule has 0 saturated carbocycles. The van der Waals surface area contributed by atoms with E-state index >= 15 is 0 Å². The summed E-state index contributed by atoms with van der Waals surface area (Å²) in [5.41, 5.74) is 1.38. The van der Waals surface area contributed by atoms with Crippen LogP contribution in [0.15, 0.2) is 30.3 Å². The summed E-state index contributed by atoms with van der Waals surface area (Å²) in [4.78, 5) is 7.35. The molecule has 0 spiro atoms. The number of hydrogen-bond acceptors (Lipinski definition) is 5. The van der Waals surface area contributed by atoms with Crippen molar-refractivity contribution in [3.05, 3.63) is 35.9 Å². The number of hydrogen-bond donors (Lipinski definition) is 1. The van der Waals surface area contributed by atoms with Crippen molar-refractivity contribution in [3.63, 3.8) is 0 Å². The van der Waals surface area contributed by atoms with Crippen molar-refractivity contribution < 1.29 is 8.42 Å². The summed E-state index contributed by atoms with van der Waals surface area (Å²) in [6.07, 6.45) is 0. The molecule has 2 N–H and O–H groups in total. The molecule has 1 aromatic carbocycles. The number of nitrogens with zero attached hydrogens (tertiary/aromatic N) is 4. The zero-order valence-electron chi connectivity index (χ0n) is 14.8. The van der Waals surface area contributed by atoms with Gasteiger partial charge in [0, 0.05) is 72.0 Å². The van der Waals surface area contributed by atoms with Gasteiger partial charge in [-0.05, 0) is 5.56 Å². The van der Waals surface area contributed by atoms with E-state index in [9.17, 15) is 8.42 Å². The van der Waals surface area contributed by atoms with Crippen molar-refractivity contribution in [2.24, 2.45) is 5.14 Å². The third kappa shape index (κ3) is 5.73. The van der Waals surface area contributed by atoms with Crippen molar-refractivity contribution in [2.45, 2.75) is 6.54 Å². The van der Waals surface area contributed by atoms with Crippen LogP contribution in [0.5, 0.6) is 0 Å². The van der Waals surface area contributed by atoms with Crippen LogP contribution in [0, 0.1) is 0 Å². The first kappa shape index (κ1) is 18.8. The molecule has 2 aliphatic rings. The topological polar surface area (TPSA) is 73.1 Å². The molecule has 8 heteroatoms. The van der Waals surface area contributed by atoms with Crippen molar-refractivity contribution in [2.75, 3.05) is 65.4 Å². The molecule has 7 nitrogen and oxygen atoms in total. The van der Waals surface area contributed by atoms with Gasteiger partial charge in [-0.1, -0.05) is 30.3 Å². The highest BCUT2D eigenvalue weighted by molar-refractivity contribution is 7.86. The van der Waals surface area contributed by atoms with Gasteiger partial charge >= 0.3 is 0 Å². The van der Waals surface area contributed by atoms with Crippen LogP contribution in [0.3, 0.4) is 0 Å². The Kier molecular flexibility index (Phi) is 6.43. The monoisotopic (exact) mass is 367 g/mol. The van der Waals surface area contributed by atoms with Crippen molar-refractivity contribution >= 4 is 10.2 Å². The SMILES string of the molecule is NS(=O)(=O)N1CCN(CCN2CCN(Cc3ccccc3)CC2)CC1. The predicted octanol–water partition coefficient (Wildman–Crippen LogP) is -0.375. The van der Waals surface area contributed by atoms with Crippen LogP contribution in [-0.4, -0.2) is 92.9 Å². The molecule has 0 atom stereocenters. The lowest BCUT2D eigenvalue weighted by atomic mass is 10.2. The van der Waals surface area contributed by atoms with E-state index < -0.39 is 10.2 Å². The molecule has 2 aliphatic heterocycles. The molecular formula is C17H29N5O2S. The Hall–Kier alpha value is -1.03. The van der Waals surface area contributed by atoms with E-state index in [0.29, 0.717) is 13.1 Å². The summed E-state index contributed by atoms with van der Waals surface area (Å²) in [7, 11) is -3.53. The molecule has 2 fully saturated rings. The van der Waals surface area contributed by atoms with E-state index in [4.69, 9.17) is 5.14 Å². The zero-order chi connectivity index (χ0) is 17.7. The smallest absolute Gasteiger partial charge is 0.276 e. The fraction of sp³-hybridized carbons (Fsp3) is 0.647. The highest BCUT2D eigenvalue weighted by atomic mass is 32.2. The minimum Gasteiger partial charge on any atom is -0.300 e. The number of nitrogens with two attached hydrogens (primary N) is 1. The first-order valence-corrected chi connectivity index (χ1v) is 10.5. The van der Waals surface area contributed by atoms with Gasteiger partial charge in [-0.15, -0.1) is 0 Å². The summed E-state index contributed by atoms with van der Waals surface area (Å²) in [5, 5.41) is 5.18. The Balaban J connectivity index is 1.33. The van der Waals surface area contributed by atoms with Gasteiger partial charge in [-0.3, -0.25) is 14.7 Å². The lowest BCUT2D eigenvalue weighted by Gasteiger charge is -2.37. The number of piperazine rings is 2. The Morgan fingerprint density at radius 1 is 0.760 bits per heavy atom. The summed E-state index contributed by atoms with van der Waals surface area (Å²) in [6.45, 7) is 10.0. The van der Waals surface area contributed by atoms with Crippen molar-refractivity contribution in [1.29, 1.82) is 0 Å². The van der Waals surface area contributed by atoms with Crippen LogP contribution >= 0.6 is 0 Å². The average molecular weight is 368 g/mol. The van der Waals surface area contributed by atoms with Gasteiger partial charge in [0.1, 0.15) is 0 Å². The molecule has 1 aromatic rings. The fourth-order valence-electron chi connectivity index (χ4n) is 3.50. The van der Waals surface area contributed by atoms with E-state index in [0.717, 1.165) is 58.9 Å². The normalized spacial score (nSPS) is 22.3. The fourth-order valence-corrected chi connectivity index (χ4v) is 4.18. The van der Waals surface area contributed by atoms with Gasteiger partial charge < -0.3 is 0 Å². The Bertz CT molecular complexity index is 624.